The Morgan fingerprint density at radius 1 is 1.06 bits per heavy atom. The van der Waals surface area contributed by atoms with Crippen molar-refractivity contribution in [2.75, 3.05) is 6.54 Å². The fourth-order valence-corrected chi connectivity index (χ4v) is 5.43. The first-order chi connectivity index (χ1) is 16.1. The second-order valence-corrected chi connectivity index (χ2v) is 10.0. The number of benzene rings is 1. The summed E-state index contributed by atoms with van der Waals surface area (Å²) in [6.07, 6.45) is 2.87. The van der Waals surface area contributed by atoms with Crippen molar-refractivity contribution in [3.8, 4) is 0 Å². The Kier molecular flexibility index (Phi) is 6.73. The van der Waals surface area contributed by atoms with Crippen LogP contribution in [0.1, 0.15) is 72.4 Å². The van der Waals surface area contributed by atoms with Crippen LogP contribution in [0.15, 0.2) is 30.3 Å². The highest BCUT2D eigenvalue weighted by Gasteiger charge is 2.31. The van der Waals surface area contributed by atoms with Crippen molar-refractivity contribution in [2.24, 2.45) is 11.8 Å². The van der Waals surface area contributed by atoms with Crippen LogP contribution in [0.5, 0.6) is 0 Å². The van der Waals surface area contributed by atoms with Crippen molar-refractivity contribution >= 4 is 11.5 Å². The zero-order valence-corrected chi connectivity index (χ0v) is 19.0. The zero-order valence-electron chi connectivity index (χ0n) is 18.2. The second-order valence-electron chi connectivity index (χ2n) is 9.21. The molecule has 0 bridgehead atoms. The van der Waals surface area contributed by atoms with Gasteiger partial charge in [-0.3, -0.25) is 0 Å². The Labute approximate surface area is 194 Å². The molecule has 0 aliphatic heterocycles. The lowest BCUT2D eigenvalue weighted by atomic mass is 9.82. The van der Waals surface area contributed by atoms with E-state index in [1.807, 2.05) is 0 Å². The first kappa shape index (κ1) is 22.5. The van der Waals surface area contributed by atoms with Crippen molar-refractivity contribution in [3.05, 3.63) is 58.1 Å². The zero-order chi connectivity index (χ0) is 22.8. The summed E-state index contributed by atoms with van der Waals surface area (Å²) in [5, 5.41) is 16.0. The minimum absolute atomic E-state index is 0.238. The molecule has 2 saturated carbocycles. The van der Waals surface area contributed by atoms with E-state index in [1.165, 1.54) is 36.5 Å². The number of halogens is 3. The summed E-state index contributed by atoms with van der Waals surface area (Å²) in [6.45, 7) is 1.13. The largest absolute Gasteiger partial charge is 0.303 e. The number of nitrogens with zero attached hydrogens (tertiary/aromatic N) is 5. The van der Waals surface area contributed by atoms with E-state index in [1.54, 1.807) is 16.8 Å². The number of hydrogen-bond donors (Lipinski definition) is 1. The van der Waals surface area contributed by atoms with Gasteiger partial charge in [0.05, 0.1) is 17.1 Å². The molecule has 5 rings (SSSR count). The van der Waals surface area contributed by atoms with Gasteiger partial charge in [-0.05, 0) is 96.7 Å². The molecular weight excluding hydrogens is 449 g/mol. The van der Waals surface area contributed by atoms with Gasteiger partial charge in [-0.1, -0.05) is 12.1 Å². The van der Waals surface area contributed by atoms with E-state index in [0.717, 1.165) is 29.0 Å². The van der Waals surface area contributed by atoms with Gasteiger partial charge in [-0.25, -0.2) is 17.9 Å². The van der Waals surface area contributed by atoms with E-state index < -0.39 is 12.3 Å². The van der Waals surface area contributed by atoms with Gasteiger partial charge in [-0.15, -0.1) is 5.10 Å². The number of nitrogens with one attached hydrogen (secondary N) is 1. The predicted molar refractivity (Wildman–Crippen MR) is 119 cm³/mol. The van der Waals surface area contributed by atoms with Gasteiger partial charge in [0.2, 0.25) is 6.43 Å². The third kappa shape index (κ3) is 5.43. The van der Waals surface area contributed by atoms with Gasteiger partial charge >= 0.3 is 0 Å². The van der Waals surface area contributed by atoms with Crippen LogP contribution >= 0.6 is 11.5 Å². The minimum Gasteiger partial charge on any atom is -0.303 e. The molecule has 2 aliphatic rings. The highest BCUT2D eigenvalue weighted by atomic mass is 32.1. The van der Waals surface area contributed by atoms with Gasteiger partial charge in [0, 0.05) is 11.8 Å². The van der Waals surface area contributed by atoms with E-state index in [2.05, 4.69) is 31.3 Å². The fourth-order valence-electron chi connectivity index (χ4n) is 4.55. The van der Waals surface area contributed by atoms with Crippen molar-refractivity contribution in [1.82, 2.24) is 29.9 Å². The molecule has 1 N–H and O–H groups in total. The van der Waals surface area contributed by atoms with Crippen LogP contribution in [-0.2, 0) is 6.54 Å². The number of alkyl halides is 2. The summed E-state index contributed by atoms with van der Waals surface area (Å²) in [5.41, 5.74) is 2.02. The normalized spacial score (nSPS) is 22.1. The molecule has 2 aliphatic carbocycles. The van der Waals surface area contributed by atoms with Crippen LogP contribution in [0.3, 0.4) is 0 Å². The molecule has 1 aromatic carbocycles. The molecule has 1 unspecified atom stereocenters. The monoisotopic (exact) mass is 476 g/mol. The lowest BCUT2D eigenvalue weighted by Crippen LogP contribution is -2.32. The van der Waals surface area contributed by atoms with E-state index in [-0.39, 0.29) is 11.9 Å². The molecule has 0 spiro atoms. The lowest BCUT2D eigenvalue weighted by Gasteiger charge is -2.29. The van der Waals surface area contributed by atoms with Crippen LogP contribution in [0.4, 0.5) is 13.2 Å². The average molecular weight is 477 g/mol. The third-order valence-corrected chi connectivity index (χ3v) is 7.62. The number of rotatable bonds is 9. The molecule has 3 aromatic rings. The summed E-state index contributed by atoms with van der Waals surface area (Å²) in [7, 11) is 0. The molecule has 0 amide bonds. The SMILES string of the molecule is Fc1ccc(Cn2nnnc2C(NCC2CCC(C(F)F)CC2)c2cc(C3CC3)ns2)cc1. The van der Waals surface area contributed by atoms with Gasteiger partial charge < -0.3 is 5.32 Å². The molecule has 0 radical (unpaired) electrons. The smallest absolute Gasteiger partial charge is 0.241 e. The van der Waals surface area contributed by atoms with Crippen LogP contribution in [0, 0.1) is 17.7 Å². The molecule has 2 fully saturated rings. The molecule has 10 heteroatoms. The summed E-state index contributed by atoms with van der Waals surface area (Å²) in [4.78, 5) is 1.05. The van der Waals surface area contributed by atoms with Crippen LogP contribution in [-0.4, -0.2) is 37.6 Å². The summed E-state index contributed by atoms with van der Waals surface area (Å²) >= 11 is 1.46. The maximum atomic E-state index is 13.3. The maximum Gasteiger partial charge on any atom is 0.241 e. The first-order valence-electron chi connectivity index (χ1n) is 11.6. The van der Waals surface area contributed by atoms with Gasteiger partial charge in [0.15, 0.2) is 5.82 Å². The number of tetrazole rings is 1. The Morgan fingerprint density at radius 2 is 1.82 bits per heavy atom. The van der Waals surface area contributed by atoms with Crippen LogP contribution in [0.2, 0.25) is 0 Å². The Hall–Kier alpha value is -2.33. The number of aromatic nitrogens is 5. The molecule has 0 saturated heterocycles. The fraction of sp³-hybridized carbons (Fsp3) is 0.565. The predicted octanol–water partition coefficient (Wildman–Crippen LogP) is 4.94. The Balaban J connectivity index is 1.33. The van der Waals surface area contributed by atoms with Crippen LogP contribution in [0.25, 0.3) is 0 Å². The first-order valence-corrected chi connectivity index (χ1v) is 12.3. The minimum atomic E-state index is -2.22. The summed E-state index contributed by atoms with van der Waals surface area (Å²) < 4.78 is 45.7. The van der Waals surface area contributed by atoms with E-state index in [9.17, 15) is 13.2 Å². The van der Waals surface area contributed by atoms with Crippen molar-refractivity contribution in [1.29, 1.82) is 0 Å². The highest BCUT2D eigenvalue weighted by Crippen LogP contribution is 2.41. The molecule has 176 valence electrons. The lowest BCUT2D eigenvalue weighted by molar-refractivity contribution is 0.0464. The summed E-state index contributed by atoms with van der Waals surface area (Å²) in [6, 6.07) is 8.21. The maximum absolute atomic E-state index is 13.3. The molecule has 2 heterocycles. The van der Waals surface area contributed by atoms with E-state index in [4.69, 9.17) is 0 Å². The third-order valence-electron chi connectivity index (χ3n) is 6.75. The average Bonchev–Trinajstić information content (AvgIpc) is 3.38. The second kappa shape index (κ2) is 9.89. The van der Waals surface area contributed by atoms with Crippen molar-refractivity contribution in [3.63, 3.8) is 0 Å². The standard InChI is InChI=1S/C23H27F3N6S/c24-18-9-3-15(4-10-18)13-32-23(28-30-31-32)21(20-11-19(29-33-20)16-7-8-16)27-12-14-1-5-17(6-2-14)22(25)26/h3-4,9-11,14,16-17,21-22,27H,1-2,5-8,12-13H2. The van der Waals surface area contributed by atoms with Crippen LogP contribution < -0.4 is 5.32 Å². The highest BCUT2D eigenvalue weighted by molar-refractivity contribution is 7.05. The molecule has 33 heavy (non-hydrogen) atoms. The van der Waals surface area contributed by atoms with Gasteiger partial charge in [0.1, 0.15) is 11.9 Å². The molecule has 2 aromatic heterocycles. The van der Waals surface area contributed by atoms with Crippen molar-refractivity contribution < 1.29 is 13.2 Å². The molecular formula is C23H27F3N6S. The topological polar surface area (TPSA) is 68.5 Å². The number of hydrogen-bond acceptors (Lipinski definition) is 6. The summed E-state index contributed by atoms with van der Waals surface area (Å²) in [5.74, 6) is 0.818. The Bertz CT molecular complexity index is 1040. The van der Waals surface area contributed by atoms with E-state index >= 15 is 0 Å². The molecule has 6 nitrogen and oxygen atoms in total. The van der Waals surface area contributed by atoms with Gasteiger partial charge in [-0.2, -0.15) is 4.37 Å². The Morgan fingerprint density at radius 3 is 2.52 bits per heavy atom. The molecule has 1 atom stereocenters. The van der Waals surface area contributed by atoms with Crippen molar-refractivity contribution in [2.45, 2.75) is 63.5 Å². The quantitative estimate of drug-likeness (QED) is 0.474. The van der Waals surface area contributed by atoms with Gasteiger partial charge in [0.25, 0.3) is 0 Å². The van der Waals surface area contributed by atoms with E-state index in [0.29, 0.717) is 43.6 Å².